The molecular formula is C28H50N4O4S2. The van der Waals surface area contributed by atoms with Crippen LogP contribution in [0, 0.1) is 0 Å². The first kappa shape index (κ1) is 36.1. The maximum Gasteiger partial charge on any atom is 0.408 e. The molecule has 0 aromatic heterocycles. The molecule has 0 radical (unpaired) electrons. The molecule has 0 rings (SSSR count). The second kappa shape index (κ2) is 20.1. The number of amides is 3. The van der Waals surface area contributed by atoms with Gasteiger partial charge in [-0.2, -0.15) is 23.5 Å². The zero-order valence-corrected chi connectivity index (χ0v) is 26.2. The van der Waals surface area contributed by atoms with Gasteiger partial charge in [-0.25, -0.2) is 10.6 Å². The van der Waals surface area contributed by atoms with Crippen LogP contribution in [0.3, 0.4) is 0 Å². The average Bonchev–Trinajstić information content (AvgIpc) is 2.81. The van der Waals surface area contributed by atoms with E-state index in [1.54, 1.807) is 32.5 Å². The molecule has 0 saturated carbocycles. The summed E-state index contributed by atoms with van der Waals surface area (Å²) in [6.45, 7) is 13.8. The van der Waals surface area contributed by atoms with Crippen molar-refractivity contribution in [1.82, 2.24) is 16.1 Å². The Kier molecular flexibility index (Phi) is 19.0. The molecule has 0 aliphatic heterocycles. The van der Waals surface area contributed by atoms with Crippen molar-refractivity contribution in [2.24, 2.45) is 5.84 Å². The van der Waals surface area contributed by atoms with Crippen LogP contribution in [-0.4, -0.2) is 59.1 Å². The van der Waals surface area contributed by atoms with Gasteiger partial charge in [0.1, 0.15) is 17.7 Å². The topological polar surface area (TPSA) is 123 Å². The maximum absolute atomic E-state index is 13.0. The zero-order valence-electron chi connectivity index (χ0n) is 24.6. The van der Waals surface area contributed by atoms with Gasteiger partial charge in [0, 0.05) is 11.5 Å². The summed E-state index contributed by atoms with van der Waals surface area (Å²) in [6.07, 6.45) is 12.5. The number of hydrogen-bond donors (Lipinski definition) is 4. The molecule has 5 N–H and O–H groups in total. The van der Waals surface area contributed by atoms with Gasteiger partial charge in [0.25, 0.3) is 5.91 Å². The number of thioether (sulfide) groups is 2. The van der Waals surface area contributed by atoms with Gasteiger partial charge in [-0.1, -0.05) is 34.9 Å². The van der Waals surface area contributed by atoms with Crippen molar-refractivity contribution in [2.45, 2.75) is 98.3 Å². The second-order valence-corrected chi connectivity index (χ2v) is 12.6. The summed E-state index contributed by atoms with van der Waals surface area (Å²) in [7, 11) is 0. The average molecular weight is 571 g/mol. The predicted octanol–water partition coefficient (Wildman–Crippen LogP) is 5.26. The first-order chi connectivity index (χ1) is 17.8. The summed E-state index contributed by atoms with van der Waals surface area (Å²) in [5, 5.41) is 5.36. The van der Waals surface area contributed by atoms with Crippen molar-refractivity contribution in [3.63, 3.8) is 0 Å². The molecule has 0 saturated heterocycles. The van der Waals surface area contributed by atoms with E-state index in [2.05, 4.69) is 62.0 Å². The number of nitrogens with one attached hydrogen (secondary N) is 3. The first-order valence-electron chi connectivity index (χ1n) is 13.1. The standard InChI is InChI=1S/C28H50N4O4S2/c1-20(2)11-9-12-21(3)13-10-14-22(4)15-18-38-19-24(26(34)32-29)30-25(33)23(16-17-37-8)31-27(35)36-28(5,6)7/h11,13,15,23-24H,9-10,12,14,16-19,29H2,1-8H3,(H,30,33)(H,31,35)(H,32,34)/t23-,24+/m1/s1. The molecule has 0 aliphatic carbocycles. The highest BCUT2D eigenvalue weighted by atomic mass is 32.2. The van der Waals surface area contributed by atoms with Crippen molar-refractivity contribution in [1.29, 1.82) is 0 Å². The number of rotatable bonds is 17. The highest BCUT2D eigenvalue weighted by Gasteiger charge is 2.28. The third-order valence-electron chi connectivity index (χ3n) is 5.35. The SMILES string of the molecule is CSCC[C@@H](NC(=O)OC(C)(C)C)C(=O)N[C@@H](CSCC=C(C)CCC=C(C)CCC=C(C)C)C(=O)NN. The Morgan fingerprint density at radius 2 is 1.50 bits per heavy atom. The van der Waals surface area contributed by atoms with Gasteiger partial charge in [0.15, 0.2) is 0 Å². The molecule has 0 aliphatic rings. The van der Waals surface area contributed by atoms with Gasteiger partial charge >= 0.3 is 6.09 Å². The Labute approximate surface area is 238 Å². The molecule has 0 heterocycles. The molecule has 10 heteroatoms. The van der Waals surface area contributed by atoms with Crippen LogP contribution in [0.1, 0.15) is 80.6 Å². The second-order valence-electron chi connectivity index (χ2n) is 10.5. The summed E-state index contributed by atoms with van der Waals surface area (Å²) in [5.74, 6) is 6.15. The van der Waals surface area contributed by atoms with E-state index in [1.165, 1.54) is 28.5 Å². The quantitative estimate of drug-likeness (QED) is 0.0618. The minimum atomic E-state index is -0.824. The molecule has 0 unspecified atom stereocenters. The van der Waals surface area contributed by atoms with Crippen LogP contribution >= 0.6 is 23.5 Å². The van der Waals surface area contributed by atoms with Crippen molar-refractivity contribution in [3.8, 4) is 0 Å². The van der Waals surface area contributed by atoms with Gasteiger partial charge in [-0.05, 0) is 92.6 Å². The van der Waals surface area contributed by atoms with E-state index in [4.69, 9.17) is 10.6 Å². The molecule has 3 amide bonds. The van der Waals surface area contributed by atoms with Crippen molar-refractivity contribution < 1.29 is 19.1 Å². The van der Waals surface area contributed by atoms with Gasteiger partial charge < -0.3 is 15.4 Å². The molecule has 38 heavy (non-hydrogen) atoms. The number of hydrazine groups is 1. The number of carbonyl (C=O) groups excluding carboxylic acids is 3. The van der Waals surface area contributed by atoms with Crippen LogP contribution in [0.2, 0.25) is 0 Å². The molecule has 0 spiro atoms. The Hall–Kier alpha value is -1.91. The van der Waals surface area contributed by atoms with Crippen molar-refractivity contribution in [3.05, 3.63) is 34.9 Å². The summed E-state index contributed by atoms with van der Waals surface area (Å²) in [6, 6.07) is -1.65. The lowest BCUT2D eigenvalue weighted by atomic mass is 10.1. The van der Waals surface area contributed by atoms with Crippen molar-refractivity contribution in [2.75, 3.05) is 23.5 Å². The smallest absolute Gasteiger partial charge is 0.408 e. The number of alkyl carbamates (subject to hydrolysis) is 1. The number of carbonyl (C=O) groups is 3. The predicted molar refractivity (Wildman–Crippen MR) is 163 cm³/mol. The fourth-order valence-corrected chi connectivity index (χ4v) is 4.72. The molecule has 0 aromatic carbocycles. The van der Waals surface area contributed by atoms with E-state index in [1.807, 2.05) is 6.26 Å². The van der Waals surface area contributed by atoms with E-state index in [9.17, 15) is 14.4 Å². The van der Waals surface area contributed by atoms with Crippen LogP contribution in [0.5, 0.6) is 0 Å². The lowest BCUT2D eigenvalue weighted by Gasteiger charge is -2.25. The zero-order chi connectivity index (χ0) is 29.1. The van der Waals surface area contributed by atoms with E-state index in [-0.39, 0.29) is 0 Å². The first-order valence-corrected chi connectivity index (χ1v) is 15.7. The third-order valence-corrected chi connectivity index (χ3v) is 6.97. The van der Waals surface area contributed by atoms with Crippen LogP contribution in [0.4, 0.5) is 4.79 Å². The number of ether oxygens (including phenoxy) is 1. The fraction of sp³-hybridized carbons (Fsp3) is 0.679. The summed E-state index contributed by atoms with van der Waals surface area (Å²) < 4.78 is 5.29. The van der Waals surface area contributed by atoms with Gasteiger partial charge in [-0.3, -0.25) is 15.0 Å². The Morgan fingerprint density at radius 1 is 0.895 bits per heavy atom. The molecule has 8 nitrogen and oxygen atoms in total. The van der Waals surface area contributed by atoms with Crippen LogP contribution in [0.25, 0.3) is 0 Å². The monoisotopic (exact) mass is 570 g/mol. The Balaban J connectivity index is 4.87. The van der Waals surface area contributed by atoms with E-state index >= 15 is 0 Å². The third kappa shape index (κ3) is 19.2. The molecule has 0 bridgehead atoms. The molecule has 0 aromatic rings. The molecule has 218 valence electrons. The normalized spacial score (nSPS) is 13.8. The number of allylic oxidation sites excluding steroid dienone is 5. The largest absolute Gasteiger partial charge is 0.444 e. The minimum absolute atomic E-state index is 0.351. The molecule has 2 atom stereocenters. The molecular weight excluding hydrogens is 520 g/mol. The van der Waals surface area contributed by atoms with E-state index in [0.29, 0.717) is 23.7 Å². The lowest BCUT2D eigenvalue weighted by Crippen LogP contribution is -2.56. The highest BCUT2D eigenvalue weighted by Crippen LogP contribution is 2.13. The Morgan fingerprint density at radius 3 is 2.05 bits per heavy atom. The fourth-order valence-electron chi connectivity index (χ4n) is 3.24. The van der Waals surface area contributed by atoms with Crippen LogP contribution in [-0.2, 0) is 14.3 Å². The van der Waals surface area contributed by atoms with Gasteiger partial charge in [-0.15, -0.1) is 0 Å². The highest BCUT2D eigenvalue weighted by molar-refractivity contribution is 7.99. The van der Waals surface area contributed by atoms with Gasteiger partial charge in [0.05, 0.1) is 0 Å². The number of hydrogen-bond acceptors (Lipinski definition) is 7. The van der Waals surface area contributed by atoms with Crippen LogP contribution in [0.15, 0.2) is 34.9 Å². The summed E-state index contributed by atoms with van der Waals surface area (Å²) in [4.78, 5) is 37.5. The minimum Gasteiger partial charge on any atom is -0.444 e. The van der Waals surface area contributed by atoms with Crippen LogP contribution < -0.4 is 21.9 Å². The molecule has 0 fully saturated rings. The number of nitrogens with two attached hydrogens (primary N) is 1. The maximum atomic E-state index is 13.0. The lowest BCUT2D eigenvalue weighted by molar-refractivity contribution is -0.129. The van der Waals surface area contributed by atoms with E-state index < -0.39 is 35.6 Å². The van der Waals surface area contributed by atoms with E-state index in [0.717, 1.165) is 25.7 Å². The van der Waals surface area contributed by atoms with Crippen molar-refractivity contribution >= 4 is 41.4 Å². The summed E-state index contributed by atoms with van der Waals surface area (Å²) >= 11 is 3.09. The van der Waals surface area contributed by atoms with Gasteiger partial charge in [0.2, 0.25) is 5.91 Å². The summed E-state index contributed by atoms with van der Waals surface area (Å²) in [5.41, 5.74) is 5.49. The Bertz CT molecular complexity index is 831.